The first-order valence-corrected chi connectivity index (χ1v) is 7.34. The van der Waals surface area contributed by atoms with Gasteiger partial charge in [-0.25, -0.2) is 9.97 Å². The monoisotopic (exact) mass is 305 g/mol. The van der Waals surface area contributed by atoms with Crippen molar-refractivity contribution < 1.29 is 4.74 Å². The standard InChI is InChI=1S/C16H20ClN3O/c1-5-14(12-6-8-13(17)9-7-12)20-16-18-10(2)15(21-4)11(3)19-16/h6-9,14H,5H2,1-4H3,(H,18,19,20). The van der Waals surface area contributed by atoms with Gasteiger partial charge < -0.3 is 10.1 Å². The molecule has 0 amide bonds. The van der Waals surface area contributed by atoms with E-state index in [-0.39, 0.29) is 6.04 Å². The van der Waals surface area contributed by atoms with Crippen LogP contribution < -0.4 is 10.1 Å². The number of hydrogen-bond donors (Lipinski definition) is 1. The number of nitrogens with zero attached hydrogens (tertiary/aromatic N) is 2. The Morgan fingerprint density at radius 2 is 1.71 bits per heavy atom. The number of aromatic nitrogens is 2. The second-order valence-corrected chi connectivity index (χ2v) is 5.34. The smallest absolute Gasteiger partial charge is 0.223 e. The van der Waals surface area contributed by atoms with Crippen LogP contribution in [0, 0.1) is 13.8 Å². The minimum Gasteiger partial charge on any atom is -0.493 e. The number of aryl methyl sites for hydroxylation is 2. The normalized spacial score (nSPS) is 12.0. The van der Waals surface area contributed by atoms with E-state index in [2.05, 4.69) is 22.2 Å². The molecule has 1 N–H and O–H groups in total. The average molecular weight is 306 g/mol. The summed E-state index contributed by atoms with van der Waals surface area (Å²) in [6.07, 6.45) is 0.926. The topological polar surface area (TPSA) is 47.0 Å². The molecule has 0 saturated heterocycles. The van der Waals surface area contributed by atoms with Crippen LogP contribution in [0.1, 0.15) is 36.3 Å². The van der Waals surface area contributed by atoms with Gasteiger partial charge in [0.25, 0.3) is 0 Å². The summed E-state index contributed by atoms with van der Waals surface area (Å²) >= 11 is 5.94. The Morgan fingerprint density at radius 1 is 1.14 bits per heavy atom. The minimum atomic E-state index is 0.148. The fourth-order valence-corrected chi connectivity index (χ4v) is 2.46. The van der Waals surface area contributed by atoms with Crippen LogP contribution in [0.25, 0.3) is 0 Å². The molecule has 1 aromatic heterocycles. The summed E-state index contributed by atoms with van der Waals surface area (Å²) in [6.45, 7) is 5.96. The quantitative estimate of drug-likeness (QED) is 0.893. The van der Waals surface area contributed by atoms with E-state index in [9.17, 15) is 0 Å². The van der Waals surface area contributed by atoms with Gasteiger partial charge >= 0.3 is 0 Å². The van der Waals surface area contributed by atoms with Crippen molar-refractivity contribution >= 4 is 17.5 Å². The van der Waals surface area contributed by atoms with Crippen molar-refractivity contribution in [3.8, 4) is 5.75 Å². The third-order valence-corrected chi connectivity index (χ3v) is 3.64. The SMILES string of the molecule is CCC(Nc1nc(C)c(OC)c(C)n1)c1ccc(Cl)cc1. The lowest BCUT2D eigenvalue weighted by molar-refractivity contribution is 0.403. The first kappa shape index (κ1) is 15.6. The van der Waals surface area contributed by atoms with Crippen molar-refractivity contribution in [2.45, 2.75) is 33.2 Å². The Labute approximate surface area is 130 Å². The van der Waals surface area contributed by atoms with Gasteiger partial charge in [-0.1, -0.05) is 30.7 Å². The molecule has 1 aromatic carbocycles. The van der Waals surface area contributed by atoms with Crippen LogP contribution in [0.5, 0.6) is 5.75 Å². The second-order valence-electron chi connectivity index (χ2n) is 4.91. The number of benzene rings is 1. The molecule has 1 atom stereocenters. The van der Waals surface area contributed by atoms with Gasteiger partial charge in [0.1, 0.15) is 0 Å². The van der Waals surface area contributed by atoms with E-state index >= 15 is 0 Å². The van der Waals surface area contributed by atoms with Gasteiger partial charge in [-0.15, -0.1) is 0 Å². The van der Waals surface area contributed by atoms with Gasteiger partial charge in [-0.05, 0) is 38.0 Å². The first-order chi connectivity index (χ1) is 10.0. The van der Waals surface area contributed by atoms with Crippen LogP contribution in [-0.2, 0) is 0 Å². The molecule has 0 aliphatic heterocycles. The fraction of sp³-hybridized carbons (Fsp3) is 0.375. The van der Waals surface area contributed by atoms with Crippen LogP contribution in [-0.4, -0.2) is 17.1 Å². The molecule has 21 heavy (non-hydrogen) atoms. The summed E-state index contributed by atoms with van der Waals surface area (Å²) in [6, 6.07) is 7.98. The molecule has 2 aromatic rings. The predicted molar refractivity (Wildman–Crippen MR) is 86.2 cm³/mol. The van der Waals surface area contributed by atoms with E-state index < -0.39 is 0 Å². The summed E-state index contributed by atoms with van der Waals surface area (Å²) in [7, 11) is 1.63. The zero-order chi connectivity index (χ0) is 15.4. The molecular weight excluding hydrogens is 286 g/mol. The Hall–Kier alpha value is -1.81. The van der Waals surface area contributed by atoms with Gasteiger partial charge in [-0.2, -0.15) is 0 Å². The number of anilines is 1. The molecule has 0 bridgehead atoms. The van der Waals surface area contributed by atoms with E-state index in [4.69, 9.17) is 16.3 Å². The van der Waals surface area contributed by atoms with Gasteiger partial charge in [0, 0.05) is 5.02 Å². The van der Waals surface area contributed by atoms with Crippen molar-refractivity contribution in [1.29, 1.82) is 0 Å². The Morgan fingerprint density at radius 3 is 2.19 bits per heavy atom. The zero-order valence-electron chi connectivity index (χ0n) is 12.8. The number of ether oxygens (including phenoxy) is 1. The fourth-order valence-electron chi connectivity index (χ4n) is 2.34. The third-order valence-electron chi connectivity index (χ3n) is 3.39. The molecule has 0 fully saturated rings. The molecule has 0 aliphatic carbocycles. The van der Waals surface area contributed by atoms with Crippen LogP contribution >= 0.6 is 11.6 Å². The summed E-state index contributed by atoms with van der Waals surface area (Å²) in [4.78, 5) is 8.92. The van der Waals surface area contributed by atoms with Gasteiger partial charge in [0.05, 0.1) is 24.5 Å². The highest BCUT2D eigenvalue weighted by Gasteiger charge is 2.13. The lowest BCUT2D eigenvalue weighted by atomic mass is 10.1. The van der Waals surface area contributed by atoms with E-state index in [1.807, 2.05) is 38.1 Å². The average Bonchev–Trinajstić information content (AvgIpc) is 2.45. The third kappa shape index (κ3) is 3.64. The molecule has 0 aliphatic rings. The maximum atomic E-state index is 5.94. The minimum absolute atomic E-state index is 0.148. The zero-order valence-corrected chi connectivity index (χ0v) is 13.5. The second kappa shape index (κ2) is 6.76. The van der Waals surface area contributed by atoms with Gasteiger partial charge in [-0.3, -0.25) is 0 Å². The highest BCUT2D eigenvalue weighted by molar-refractivity contribution is 6.30. The Kier molecular flexibility index (Phi) is 5.02. The van der Waals surface area contributed by atoms with Gasteiger partial charge in [0.15, 0.2) is 5.75 Å². The lowest BCUT2D eigenvalue weighted by Gasteiger charge is -2.18. The maximum absolute atomic E-state index is 5.94. The Bertz CT molecular complexity index is 590. The van der Waals surface area contributed by atoms with E-state index in [1.54, 1.807) is 7.11 Å². The van der Waals surface area contributed by atoms with E-state index in [0.29, 0.717) is 5.95 Å². The van der Waals surface area contributed by atoms with Crippen LogP contribution in [0.4, 0.5) is 5.95 Å². The van der Waals surface area contributed by atoms with Crippen molar-refractivity contribution in [1.82, 2.24) is 9.97 Å². The van der Waals surface area contributed by atoms with Gasteiger partial charge in [0.2, 0.25) is 5.95 Å². The summed E-state index contributed by atoms with van der Waals surface area (Å²) in [5, 5.41) is 4.11. The van der Waals surface area contributed by atoms with Crippen molar-refractivity contribution in [2.24, 2.45) is 0 Å². The molecule has 1 heterocycles. The number of rotatable bonds is 5. The molecule has 0 saturated carbocycles. The molecule has 112 valence electrons. The molecule has 1 unspecified atom stereocenters. The van der Waals surface area contributed by atoms with Crippen LogP contribution in [0.2, 0.25) is 5.02 Å². The molecule has 0 radical (unpaired) electrons. The van der Waals surface area contributed by atoms with E-state index in [0.717, 1.165) is 34.1 Å². The van der Waals surface area contributed by atoms with Crippen LogP contribution in [0.3, 0.4) is 0 Å². The summed E-state index contributed by atoms with van der Waals surface area (Å²) in [5.41, 5.74) is 2.83. The largest absolute Gasteiger partial charge is 0.493 e. The molecule has 0 spiro atoms. The summed E-state index contributed by atoms with van der Waals surface area (Å²) in [5.74, 6) is 1.35. The number of halogens is 1. The maximum Gasteiger partial charge on any atom is 0.223 e. The van der Waals surface area contributed by atoms with Crippen LogP contribution in [0.15, 0.2) is 24.3 Å². The molecule has 4 nitrogen and oxygen atoms in total. The first-order valence-electron chi connectivity index (χ1n) is 6.96. The van der Waals surface area contributed by atoms with Crippen molar-refractivity contribution in [3.05, 3.63) is 46.2 Å². The molecule has 5 heteroatoms. The van der Waals surface area contributed by atoms with Crippen molar-refractivity contribution in [2.75, 3.05) is 12.4 Å². The highest BCUT2D eigenvalue weighted by Crippen LogP contribution is 2.25. The number of nitrogens with one attached hydrogen (secondary N) is 1. The molecular formula is C16H20ClN3O. The molecule has 2 rings (SSSR count). The highest BCUT2D eigenvalue weighted by atomic mass is 35.5. The lowest BCUT2D eigenvalue weighted by Crippen LogP contribution is -2.13. The number of methoxy groups -OCH3 is 1. The Balaban J connectivity index is 2.24. The summed E-state index contributed by atoms with van der Waals surface area (Å²) < 4.78 is 5.29. The predicted octanol–water partition coefficient (Wildman–Crippen LogP) is 4.32. The van der Waals surface area contributed by atoms with E-state index in [1.165, 1.54) is 0 Å². The number of hydrogen-bond acceptors (Lipinski definition) is 4. The van der Waals surface area contributed by atoms with Crippen molar-refractivity contribution in [3.63, 3.8) is 0 Å².